The minimum absolute atomic E-state index is 0.216. The molecule has 2 N–H and O–H groups in total. The number of carbonyl (C=O) groups excluding carboxylic acids is 1. The third kappa shape index (κ3) is 7.84. The summed E-state index contributed by atoms with van der Waals surface area (Å²) in [5, 5.41) is 0. The van der Waals surface area contributed by atoms with Crippen molar-refractivity contribution in [3.05, 3.63) is 23.9 Å². The minimum Gasteiger partial charge on any atom is -0.374 e. The molecule has 25 heavy (non-hydrogen) atoms. The summed E-state index contributed by atoms with van der Waals surface area (Å²) in [5.41, 5.74) is 6.74. The Bertz CT molecular complexity index is 440. The van der Waals surface area contributed by atoms with Crippen molar-refractivity contribution in [1.82, 2.24) is 9.80 Å². The fraction of sp³-hybridized carbons (Fsp3) is 0.737. The van der Waals surface area contributed by atoms with E-state index in [1.165, 1.54) is 5.70 Å². The number of ether oxygens (including phenoxy) is 1. The molecule has 1 saturated heterocycles. The van der Waals surface area contributed by atoms with Crippen molar-refractivity contribution in [2.75, 3.05) is 50.8 Å². The van der Waals surface area contributed by atoms with E-state index in [1.54, 1.807) is 11.8 Å². The van der Waals surface area contributed by atoms with Crippen LogP contribution in [0.25, 0.3) is 0 Å². The Morgan fingerprint density at radius 3 is 2.76 bits per heavy atom. The fourth-order valence-electron chi connectivity index (χ4n) is 2.92. The average molecular weight is 370 g/mol. The SMILES string of the molecule is CC.CCOC1C=CC(N2CCCN(C(=O)CSCCN)CC2)=CC1. The number of nitrogens with zero attached hydrogens (tertiary/aromatic N) is 2. The first kappa shape index (κ1) is 22.1. The lowest BCUT2D eigenvalue weighted by Gasteiger charge is -2.27. The van der Waals surface area contributed by atoms with Crippen LogP contribution in [0.3, 0.4) is 0 Å². The minimum atomic E-state index is 0.216. The molecule has 1 fully saturated rings. The molecule has 1 heterocycles. The Kier molecular flexibility index (Phi) is 11.7. The molecule has 1 atom stereocenters. The predicted octanol–water partition coefficient (Wildman–Crippen LogP) is 2.49. The lowest BCUT2D eigenvalue weighted by Crippen LogP contribution is -2.36. The zero-order valence-electron chi connectivity index (χ0n) is 16.1. The molecule has 0 aromatic rings. The molecule has 0 saturated carbocycles. The van der Waals surface area contributed by atoms with E-state index in [0.29, 0.717) is 12.3 Å². The predicted molar refractivity (Wildman–Crippen MR) is 108 cm³/mol. The van der Waals surface area contributed by atoms with Crippen LogP contribution in [-0.4, -0.2) is 72.6 Å². The number of thioether (sulfide) groups is 1. The highest BCUT2D eigenvalue weighted by atomic mass is 32.2. The van der Waals surface area contributed by atoms with Gasteiger partial charge in [-0.1, -0.05) is 26.0 Å². The number of allylic oxidation sites excluding steroid dienone is 1. The second-order valence-corrected chi connectivity index (χ2v) is 6.89. The van der Waals surface area contributed by atoms with Gasteiger partial charge in [0, 0.05) is 50.8 Å². The quantitative estimate of drug-likeness (QED) is 0.699. The van der Waals surface area contributed by atoms with Crippen LogP contribution in [0.5, 0.6) is 0 Å². The summed E-state index contributed by atoms with van der Waals surface area (Å²) in [7, 11) is 0. The van der Waals surface area contributed by atoms with E-state index >= 15 is 0 Å². The Morgan fingerprint density at radius 2 is 2.12 bits per heavy atom. The van der Waals surface area contributed by atoms with Crippen LogP contribution in [0.1, 0.15) is 33.6 Å². The van der Waals surface area contributed by atoms with Crippen molar-refractivity contribution in [2.24, 2.45) is 5.73 Å². The molecular formula is C19H35N3O2S. The maximum Gasteiger partial charge on any atom is 0.232 e. The summed E-state index contributed by atoms with van der Waals surface area (Å²) in [6.45, 7) is 11.0. The van der Waals surface area contributed by atoms with Gasteiger partial charge in [-0.05, 0) is 25.8 Å². The number of amides is 1. The maximum absolute atomic E-state index is 12.2. The van der Waals surface area contributed by atoms with Gasteiger partial charge < -0.3 is 20.3 Å². The van der Waals surface area contributed by atoms with E-state index in [9.17, 15) is 4.79 Å². The van der Waals surface area contributed by atoms with Crippen molar-refractivity contribution in [3.8, 4) is 0 Å². The van der Waals surface area contributed by atoms with Crippen LogP contribution >= 0.6 is 11.8 Å². The smallest absolute Gasteiger partial charge is 0.232 e. The van der Waals surface area contributed by atoms with Gasteiger partial charge in [-0.2, -0.15) is 11.8 Å². The van der Waals surface area contributed by atoms with Crippen LogP contribution in [0.4, 0.5) is 0 Å². The van der Waals surface area contributed by atoms with Crippen LogP contribution in [-0.2, 0) is 9.53 Å². The third-order valence-corrected chi connectivity index (χ3v) is 5.10. The molecule has 1 amide bonds. The highest BCUT2D eigenvalue weighted by Crippen LogP contribution is 2.19. The van der Waals surface area contributed by atoms with Crippen LogP contribution in [0, 0.1) is 0 Å². The third-order valence-electron chi connectivity index (χ3n) is 4.12. The molecule has 6 heteroatoms. The normalized spacial score (nSPS) is 20.5. The maximum atomic E-state index is 12.2. The van der Waals surface area contributed by atoms with E-state index in [4.69, 9.17) is 10.5 Å². The first-order valence-electron chi connectivity index (χ1n) is 9.55. The molecule has 0 spiro atoms. The molecule has 1 unspecified atom stereocenters. The van der Waals surface area contributed by atoms with Gasteiger partial charge in [0.25, 0.3) is 0 Å². The highest BCUT2D eigenvalue weighted by Gasteiger charge is 2.20. The molecule has 2 aliphatic rings. The highest BCUT2D eigenvalue weighted by molar-refractivity contribution is 7.99. The Labute approximate surface area is 157 Å². The lowest BCUT2D eigenvalue weighted by atomic mass is 10.1. The molecule has 2 rings (SSSR count). The van der Waals surface area contributed by atoms with Crippen molar-refractivity contribution < 1.29 is 9.53 Å². The molecule has 0 aromatic heterocycles. The number of carbonyl (C=O) groups is 1. The van der Waals surface area contributed by atoms with Crippen molar-refractivity contribution in [1.29, 1.82) is 0 Å². The summed E-state index contributed by atoms with van der Waals surface area (Å²) in [5.74, 6) is 1.65. The fourth-order valence-corrected chi connectivity index (χ4v) is 3.59. The van der Waals surface area contributed by atoms with Gasteiger partial charge in [-0.25, -0.2) is 0 Å². The summed E-state index contributed by atoms with van der Waals surface area (Å²) in [6, 6.07) is 0. The zero-order chi connectivity index (χ0) is 18.5. The van der Waals surface area contributed by atoms with Gasteiger partial charge in [-0.3, -0.25) is 4.79 Å². The van der Waals surface area contributed by atoms with Gasteiger partial charge in [-0.15, -0.1) is 0 Å². The van der Waals surface area contributed by atoms with Crippen LogP contribution in [0.15, 0.2) is 23.9 Å². The Hall–Kier alpha value is -0.980. The molecule has 0 radical (unpaired) electrons. The molecular weight excluding hydrogens is 334 g/mol. The van der Waals surface area contributed by atoms with E-state index in [2.05, 4.69) is 23.1 Å². The molecule has 1 aliphatic carbocycles. The number of hydrogen-bond acceptors (Lipinski definition) is 5. The van der Waals surface area contributed by atoms with E-state index in [0.717, 1.165) is 51.4 Å². The van der Waals surface area contributed by atoms with Gasteiger partial charge in [0.05, 0.1) is 11.9 Å². The summed E-state index contributed by atoms with van der Waals surface area (Å²) in [6.07, 6.45) is 8.75. The number of nitrogens with two attached hydrogens (primary N) is 1. The van der Waals surface area contributed by atoms with Gasteiger partial charge >= 0.3 is 0 Å². The largest absolute Gasteiger partial charge is 0.374 e. The monoisotopic (exact) mass is 369 g/mol. The standard InChI is InChI=1S/C17H29N3O2S.C2H6/c1-2-22-16-6-4-15(5-7-16)19-9-3-10-20(12-11-19)17(21)14-23-13-8-18;1-2/h4-6,16H,2-3,7-14,18H2,1H3;1-2H3. The number of rotatable bonds is 7. The first-order valence-corrected chi connectivity index (χ1v) is 10.7. The van der Waals surface area contributed by atoms with Gasteiger partial charge in [0.1, 0.15) is 0 Å². The molecule has 0 aromatic carbocycles. The Morgan fingerprint density at radius 1 is 1.32 bits per heavy atom. The molecule has 0 bridgehead atoms. The van der Waals surface area contributed by atoms with Gasteiger partial charge in [0.2, 0.25) is 5.91 Å². The first-order chi connectivity index (χ1) is 12.2. The molecule has 144 valence electrons. The second-order valence-electron chi connectivity index (χ2n) is 5.78. The Balaban J connectivity index is 0.00000151. The lowest BCUT2D eigenvalue weighted by molar-refractivity contribution is -0.128. The van der Waals surface area contributed by atoms with E-state index in [-0.39, 0.29) is 12.0 Å². The van der Waals surface area contributed by atoms with Crippen molar-refractivity contribution in [2.45, 2.75) is 39.7 Å². The summed E-state index contributed by atoms with van der Waals surface area (Å²) in [4.78, 5) is 16.6. The topological polar surface area (TPSA) is 58.8 Å². The van der Waals surface area contributed by atoms with E-state index < -0.39 is 0 Å². The molecule has 5 nitrogen and oxygen atoms in total. The number of hydrogen-bond donors (Lipinski definition) is 1. The second kappa shape index (κ2) is 13.3. The zero-order valence-corrected chi connectivity index (χ0v) is 16.9. The van der Waals surface area contributed by atoms with Crippen LogP contribution in [0.2, 0.25) is 0 Å². The summed E-state index contributed by atoms with van der Waals surface area (Å²) >= 11 is 1.63. The van der Waals surface area contributed by atoms with Crippen LogP contribution < -0.4 is 5.73 Å². The average Bonchev–Trinajstić information content (AvgIpc) is 2.91. The summed E-state index contributed by atoms with van der Waals surface area (Å²) < 4.78 is 5.62. The van der Waals surface area contributed by atoms with E-state index in [1.807, 2.05) is 25.7 Å². The van der Waals surface area contributed by atoms with Crippen molar-refractivity contribution in [3.63, 3.8) is 0 Å². The van der Waals surface area contributed by atoms with Crippen molar-refractivity contribution >= 4 is 17.7 Å². The molecule has 1 aliphatic heterocycles. The van der Waals surface area contributed by atoms with Gasteiger partial charge in [0.15, 0.2) is 0 Å².